The number of hydrogen-bond acceptors (Lipinski definition) is 3. The number of hydrogen-bond donors (Lipinski definition) is 2. The molecule has 2 N–H and O–H groups in total. The average Bonchev–Trinajstić information content (AvgIpc) is 2.47. The third-order valence-electron chi connectivity index (χ3n) is 4.09. The molecule has 0 spiro atoms. The second-order valence-corrected chi connectivity index (χ2v) is 5.92. The maximum atomic E-state index is 12.1. The molecule has 0 radical (unpaired) electrons. The van der Waals surface area contributed by atoms with Gasteiger partial charge in [-0.15, -0.1) is 0 Å². The summed E-state index contributed by atoms with van der Waals surface area (Å²) in [6.45, 7) is 2.97. The largest absolute Gasteiger partial charge is 0.393 e. The van der Waals surface area contributed by atoms with Gasteiger partial charge in [-0.05, 0) is 31.9 Å². The van der Waals surface area contributed by atoms with Gasteiger partial charge in [0.05, 0.1) is 18.3 Å². The first-order chi connectivity index (χ1) is 10.1. The zero-order valence-electron chi connectivity index (χ0n) is 12.9. The Kier molecular flexibility index (Phi) is 5.56. The number of aliphatic hydroxyl groups excluding tert-OH is 1. The molecule has 5 nitrogen and oxygen atoms in total. The Hall–Kier alpha value is -1.62. The third-order valence-corrected chi connectivity index (χ3v) is 4.09. The summed E-state index contributed by atoms with van der Waals surface area (Å²) < 4.78 is 0. The number of carbonyl (C=O) groups is 1. The maximum Gasteiger partial charge on any atom is 0.317 e. The molecule has 1 aliphatic carbocycles. The van der Waals surface area contributed by atoms with Crippen LogP contribution in [0.15, 0.2) is 18.2 Å². The lowest BCUT2D eigenvalue weighted by atomic mass is 9.86. The molecule has 5 heteroatoms. The number of nitrogens with zero attached hydrogens (tertiary/aromatic N) is 2. The molecule has 0 bridgehead atoms. The Balaban J connectivity index is 1.79. The number of carbonyl (C=O) groups excluding carboxylic acids is 1. The van der Waals surface area contributed by atoms with E-state index in [9.17, 15) is 9.90 Å². The van der Waals surface area contributed by atoms with E-state index in [1.807, 2.05) is 25.1 Å². The van der Waals surface area contributed by atoms with Crippen molar-refractivity contribution in [1.29, 1.82) is 0 Å². The number of amides is 2. The Morgan fingerprint density at radius 1 is 1.43 bits per heavy atom. The molecule has 0 saturated heterocycles. The van der Waals surface area contributed by atoms with E-state index in [4.69, 9.17) is 0 Å². The van der Waals surface area contributed by atoms with Gasteiger partial charge in [0.1, 0.15) is 0 Å². The highest BCUT2D eigenvalue weighted by molar-refractivity contribution is 5.73. The van der Waals surface area contributed by atoms with Crippen LogP contribution in [0.3, 0.4) is 0 Å². The fraction of sp³-hybridized carbons (Fsp3) is 0.625. The van der Waals surface area contributed by atoms with E-state index in [-0.39, 0.29) is 18.1 Å². The van der Waals surface area contributed by atoms with Crippen LogP contribution in [0.2, 0.25) is 0 Å². The molecule has 2 rings (SSSR count). The van der Waals surface area contributed by atoms with Gasteiger partial charge >= 0.3 is 6.03 Å². The van der Waals surface area contributed by atoms with Crippen LogP contribution in [-0.4, -0.2) is 40.7 Å². The minimum Gasteiger partial charge on any atom is -0.393 e. The third kappa shape index (κ3) is 4.70. The summed E-state index contributed by atoms with van der Waals surface area (Å²) in [4.78, 5) is 18.1. The van der Waals surface area contributed by atoms with Gasteiger partial charge in [-0.2, -0.15) is 0 Å². The highest BCUT2D eigenvalue weighted by Gasteiger charge is 2.25. The van der Waals surface area contributed by atoms with Crippen LogP contribution in [0.1, 0.15) is 37.1 Å². The zero-order chi connectivity index (χ0) is 15.2. The Bertz CT molecular complexity index is 478. The van der Waals surface area contributed by atoms with E-state index in [2.05, 4.69) is 10.3 Å². The van der Waals surface area contributed by atoms with E-state index in [1.54, 1.807) is 11.9 Å². The van der Waals surface area contributed by atoms with E-state index >= 15 is 0 Å². The van der Waals surface area contributed by atoms with Gasteiger partial charge in [0.25, 0.3) is 0 Å². The second kappa shape index (κ2) is 7.41. The molecule has 1 aliphatic rings. The SMILES string of the molecule is Cc1cccc(CNC(=O)N(C)CC2CCCCC2O)n1. The Morgan fingerprint density at radius 2 is 2.19 bits per heavy atom. The number of pyridine rings is 1. The van der Waals surface area contributed by atoms with Crippen molar-refractivity contribution in [3.8, 4) is 0 Å². The van der Waals surface area contributed by atoms with Crippen LogP contribution in [0.4, 0.5) is 4.79 Å². The van der Waals surface area contributed by atoms with Gasteiger partial charge in [-0.3, -0.25) is 4.98 Å². The van der Waals surface area contributed by atoms with Crippen molar-refractivity contribution in [2.45, 2.75) is 45.3 Å². The van der Waals surface area contributed by atoms with Gasteiger partial charge in [0, 0.05) is 25.2 Å². The van der Waals surface area contributed by atoms with Crippen molar-refractivity contribution >= 4 is 6.03 Å². The van der Waals surface area contributed by atoms with Crippen LogP contribution in [0, 0.1) is 12.8 Å². The van der Waals surface area contributed by atoms with Gasteiger partial charge in [0.15, 0.2) is 0 Å². The average molecular weight is 291 g/mol. The van der Waals surface area contributed by atoms with Crippen molar-refractivity contribution < 1.29 is 9.90 Å². The van der Waals surface area contributed by atoms with E-state index in [1.165, 1.54) is 0 Å². The molecule has 0 aromatic carbocycles. The first-order valence-corrected chi connectivity index (χ1v) is 7.66. The summed E-state index contributed by atoms with van der Waals surface area (Å²) in [6, 6.07) is 5.66. The molecule has 1 aromatic rings. The highest BCUT2D eigenvalue weighted by Crippen LogP contribution is 2.24. The molecule has 0 aliphatic heterocycles. The molecule has 1 saturated carbocycles. The fourth-order valence-electron chi connectivity index (χ4n) is 2.83. The molecule has 2 atom stereocenters. The maximum absolute atomic E-state index is 12.1. The predicted octanol–water partition coefficient (Wildman–Crippen LogP) is 2.08. The summed E-state index contributed by atoms with van der Waals surface area (Å²) in [7, 11) is 1.78. The lowest BCUT2D eigenvalue weighted by molar-refractivity contribution is 0.0565. The standard InChI is InChI=1S/C16H25N3O2/c1-12-6-5-8-14(18-12)10-17-16(21)19(2)11-13-7-3-4-9-15(13)20/h5-6,8,13,15,20H,3-4,7,9-11H2,1-2H3,(H,17,21). The van der Waals surface area contributed by atoms with E-state index in [0.29, 0.717) is 13.1 Å². The lowest BCUT2D eigenvalue weighted by Gasteiger charge is -2.31. The van der Waals surface area contributed by atoms with Crippen molar-refractivity contribution in [2.24, 2.45) is 5.92 Å². The zero-order valence-corrected chi connectivity index (χ0v) is 12.9. The molecule has 2 unspecified atom stereocenters. The minimum absolute atomic E-state index is 0.115. The second-order valence-electron chi connectivity index (χ2n) is 5.92. The van der Waals surface area contributed by atoms with Crippen LogP contribution in [0.5, 0.6) is 0 Å². The van der Waals surface area contributed by atoms with Crippen LogP contribution in [-0.2, 0) is 6.54 Å². The van der Waals surface area contributed by atoms with E-state index in [0.717, 1.165) is 37.1 Å². The minimum atomic E-state index is -0.271. The van der Waals surface area contributed by atoms with Gasteiger partial charge in [-0.25, -0.2) is 4.79 Å². The molecule has 1 heterocycles. The van der Waals surface area contributed by atoms with E-state index < -0.39 is 0 Å². The number of aromatic nitrogens is 1. The monoisotopic (exact) mass is 291 g/mol. The van der Waals surface area contributed by atoms with Crippen molar-refractivity contribution in [3.63, 3.8) is 0 Å². The summed E-state index contributed by atoms with van der Waals surface area (Å²) >= 11 is 0. The highest BCUT2D eigenvalue weighted by atomic mass is 16.3. The molecule has 21 heavy (non-hydrogen) atoms. The number of nitrogens with one attached hydrogen (secondary N) is 1. The quantitative estimate of drug-likeness (QED) is 0.892. The molecular weight excluding hydrogens is 266 g/mol. The number of rotatable bonds is 4. The summed E-state index contributed by atoms with van der Waals surface area (Å²) in [5, 5.41) is 12.8. The topological polar surface area (TPSA) is 65.5 Å². The number of aliphatic hydroxyl groups is 1. The normalized spacial score (nSPS) is 21.9. The molecule has 116 valence electrons. The first-order valence-electron chi connectivity index (χ1n) is 7.66. The van der Waals surface area contributed by atoms with Gasteiger partial charge in [0.2, 0.25) is 0 Å². The summed E-state index contributed by atoms with van der Waals surface area (Å²) in [6.07, 6.45) is 3.81. The Labute approximate surface area is 126 Å². The molecule has 1 fully saturated rings. The lowest BCUT2D eigenvalue weighted by Crippen LogP contribution is -2.42. The number of aryl methyl sites for hydroxylation is 1. The number of urea groups is 1. The Morgan fingerprint density at radius 3 is 2.90 bits per heavy atom. The summed E-state index contributed by atoms with van der Waals surface area (Å²) in [5.41, 5.74) is 1.80. The van der Waals surface area contributed by atoms with Crippen LogP contribution in [0.25, 0.3) is 0 Å². The first kappa shape index (κ1) is 15.8. The smallest absolute Gasteiger partial charge is 0.317 e. The van der Waals surface area contributed by atoms with Crippen LogP contribution < -0.4 is 5.32 Å². The fourth-order valence-corrected chi connectivity index (χ4v) is 2.83. The summed E-state index contributed by atoms with van der Waals surface area (Å²) in [5.74, 6) is 0.201. The molecule has 2 amide bonds. The van der Waals surface area contributed by atoms with Crippen molar-refractivity contribution in [3.05, 3.63) is 29.6 Å². The molecule has 1 aromatic heterocycles. The predicted molar refractivity (Wildman–Crippen MR) is 81.8 cm³/mol. The molecular formula is C16H25N3O2. The van der Waals surface area contributed by atoms with Crippen molar-refractivity contribution in [2.75, 3.05) is 13.6 Å². The van der Waals surface area contributed by atoms with Crippen molar-refractivity contribution in [1.82, 2.24) is 15.2 Å². The van der Waals surface area contributed by atoms with Gasteiger partial charge < -0.3 is 15.3 Å². The van der Waals surface area contributed by atoms with Gasteiger partial charge in [-0.1, -0.05) is 18.9 Å². The van der Waals surface area contributed by atoms with Crippen LogP contribution >= 0.6 is 0 Å².